The average molecular weight is 465 g/mol. The summed E-state index contributed by atoms with van der Waals surface area (Å²) in [5, 5.41) is 13.8. The highest BCUT2D eigenvalue weighted by atomic mass is 16.3. The number of carbonyl (C=O) groups is 2. The van der Waals surface area contributed by atoms with Crippen LogP contribution in [0.2, 0.25) is 0 Å². The van der Waals surface area contributed by atoms with Crippen LogP contribution in [0.15, 0.2) is 17.7 Å². The molecular weight excluding hydrogens is 424 g/mol. The highest BCUT2D eigenvalue weighted by Gasteiger charge is 2.59. The fourth-order valence-electron chi connectivity index (χ4n) is 8.51. The number of hydrogen-bond acceptors (Lipinski definition) is 5. The van der Waals surface area contributed by atoms with Crippen LogP contribution in [-0.2, 0) is 16.0 Å². The molecule has 34 heavy (non-hydrogen) atoms. The van der Waals surface area contributed by atoms with Crippen LogP contribution in [-0.4, -0.2) is 28.2 Å². The van der Waals surface area contributed by atoms with Crippen molar-refractivity contribution < 1.29 is 14.7 Å². The molecule has 0 spiro atoms. The number of aromatic nitrogens is 1. The summed E-state index contributed by atoms with van der Waals surface area (Å²) in [5.41, 5.74) is 3.78. The molecule has 2 N–H and O–H groups in total. The molecular formula is C29H40N2O3. The van der Waals surface area contributed by atoms with Crippen molar-refractivity contribution in [2.24, 2.45) is 34.5 Å². The number of aromatic hydroxyl groups is 1. The Labute approximate surface area is 203 Å². The number of anilines is 1. The summed E-state index contributed by atoms with van der Waals surface area (Å²) in [6.07, 6.45) is 10.9. The third kappa shape index (κ3) is 3.61. The summed E-state index contributed by atoms with van der Waals surface area (Å²) < 4.78 is 0. The monoisotopic (exact) mass is 464 g/mol. The van der Waals surface area contributed by atoms with Crippen LogP contribution in [0.5, 0.6) is 5.75 Å². The van der Waals surface area contributed by atoms with Gasteiger partial charge in [-0.15, -0.1) is 0 Å². The predicted molar refractivity (Wildman–Crippen MR) is 134 cm³/mol. The van der Waals surface area contributed by atoms with Gasteiger partial charge < -0.3 is 10.4 Å². The van der Waals surface area contributed by atoms with E-state index in [9.17, 15) is 14.7 Å². The van der Waals surface area contributed by atoms with Crippen molar-refractivity contribution >= 4 is 17.3 Å². The maximum atomic E-state index is 13.5. The molecule has 1 aromatic rings. The van der Waals surface area contributed by atoms with Crippen molar-refractivity contribution in [3.8, 4) is 5.75 Å². The third-order valence-corrected chi connectivity index (χ3v) is 10.3. The molecule has 0 aromatic carbocycles. The smallest absolute Gasteiger partial charge is 0.160 e. The van der Waals surface area contributed by atoms with E-state index in [1.54, 1.807) is 0 Å². The van der Waals surface area contributed by atoms with Crippen molar-refractivity contribution in [1.29, 1.82) is 0 Å². The average Bonchev–Trinajstić information content (AvgIpc) is 3.17. The summed E-state index contributed by atoms with van der Waals surface area (Å²) in [7, 11) is 0. The quantitative estimate of drug-likeness (QED) is 0.577. The molecule has 0 radical (unpaired) electrons. The SMILES string of the molecule is CCc1nc(C)cc(NCC(=O)C2CCC3C4CCC5=CC(=O)CCC5(C)C4CCC23C)c1O. The zero-order valence-corrected chi connectivity index (χ0v) is 21.2. The van der Waals surface area contributed by atoms with Crippen molar-refractivity contribution in [2.75, 3.05) is 11.9 Å². The first-order valence-corrected chi connectivity index (χ1v) is 13.4. The molecule has 5 nitrogen and oxygen atoms in total. The molecule has 4 aliphatic rings. The Bertz CT molecular complexity index is 1050. The van der Waals surface area contributed by atoms with Gasteiger partial charge in [0, 0.05) is 18.0 Å². The van der Waals surface area contributed by atoms with Crippen LogP contribution in [0.25, 0.3) is 0 Å². The minimum Gasteiger partial charge on any atom is -0.504 e. The Hall–Kier alpha value is -2.17. The van der Waals surface area contributed by atoms with Crippen LogP contribution >= 0.6 is 0 Å². The summed E-state index contributed by atoms with van der Waals surface area (Å²) in [6.45, 7) is 8.95. The van der Waals surface area contributed by atoms with E-state index in [0.717, 1.165) is 37.8 Å². The predicted octanol–water partition coefficient (Wildman–Crippen LogP) is 5.79. The maximum absolute atomic E-state index is 13.5. The van der Waals surface area contributed by atoms with Gasteiger partial charge in [-0.25, -0.2) is 0 Å². The highest BCUT2D eigenvalue weighted by Crippen LogP contribution is 2.66. The lowest BCUT2D eigenvalue weighted by Gasteiger charge is -2.58. The number of pyridine rings is 1. The number of nitrogens with one attached hydrogen (secondary N) is 1. The molecule has 3 fully saturated rings. The second kappa shape index (κ2) is 8.49. The highest BCUT2D eigenvalue weighted by molar-refractivity contribution is 5.91. The molecule has 0 amide bonds. The zero-order chi connectivity index (χ0) is 24.3. The van der Waals surface area contributed by atoms with E-state index in [0.29, 0.717) is 47.8 Å². The minimum atomic E-state index is 0.0623. The number of fused-ring (bicyclic) bond motifs is 5. The fraction of sp³-hybridized carbons (Fsp3) is 0.690. The summed E-state index contributed by atoms with van der Waals surface area (Å²) >= 11 is 0. The van der Waals surface area contributed by atoms with Gasteiger partial charge in [0.05, 0.1) is 17.9 Å². The number of nitrogens with zero attached hydrogens (tertiary/aromatic N) is 1. The van der Waals surface area contributed by atoms with Gasteiger partial charge >= 0.3 is 0 Å². The lowest BCUT2D eigenvalue weighted by atomic mass is 9.46. The van der Waals surface area contributed by atoms with E-state index in [4.69, 9.17) is 0 Å². The number of ketones is 2. The second-order valence-electron chi connectivity index (χ2n) is 11.9. The molecule has 1 heterocycles. The van der Waals surface area contributed by atoms with Gasteiger partial charge in [0.25, 0.3) is 0 Å². The summed E-state index contributed by atoms with van der Waals surface area (Å²) in [5.74, 6) is 2.75. The Morgan fingerprint density at radius 1 is 1.15 bits per heavy atom. The number of Topliss-reactive ketones (excluding diaryl/α,β-unsaturated/α-hetero) is 1. The molecule has 0 aliphatic heterocycles. The van der Waals surface area contributed by atoms with E-state index < -0.39 is 0 Å². The van der Waals surface area contributed by atoms with Crippen molar-refractivity contribution in [1.82, 2.24) is 4.98 Å². The minimum absolute atomic E-state index is 0.0623. The normalized spacial score (nSPS) is 36.8. The standard InChI is InChI=1S/C29H40N2O3/c1-5-24-27(34)25(14-17(2)31-24)30-16-26(33)23-9-8-21-20-7-6-18-15-19(32)10-12-28(18,3)22(20)11-13-29(21,23)4/h14-15,20-23,34H,5-13,16H2,1-4H3,(H,30,31). The van der Waals surface area contributed by atoms with Crippen LogP contribution in [0.3, 0.4) is 0 Å². The Morgan fingerprint density at radius 3 is 2.71 bits per heavy atom. The number of rotatable bonds is 5. The number of aryl methyl sites for hydroxylation is 2. The summed E-state index contributed by atoms with van der Waals surface area (Å²) in [6, 6.07) is 1.83. The molecule has 4 aliphatic carbocycles. The molecule has 3 saturated carbocycles. The molecule has 184 valence electrons. The molecule has 5 heteroatoms. The number of carbonyl (C=O) groups excluding carboxylic acids is 2. The molecule has 1 aromatic heterocycles. The topological polar surface area (TPSA) is 79.3 Å². The number of hydrogen-bond donors (Lipinski definition) is 2. The first kappa shape index (κ1) is 23.6. The van der Waals surface area contributed by atoms with Gasteiger partial charge in [0.1, 0.15) is 0 Å². The Kier molecular flexibility index (Phi) is 5.89. The fourth-order valence-corrected chi connectivity index (χ4v) is 8.51. The van der Waals surface area contributed by atoms with Crippen LogP contribution in [0.4, 0.5) is 5.69 Å². The lowest BCUT2D eigenvalue weighted by Crippen LogP contribution is -2.51. The van der Waals surface area contributed by atoms with E-state index >= 15 is 0 Å². The Balaban J connectivity index is 1.31. The number of allylic oxidation sites excluding steroid dienone is 1. The third-order valence-electron chi connectivity index (χ3n) is 10.3. The van der Waals surface area contributed by atoms with E-state index in [2.05, 4.69) is 24.1 Å². The van der Waals surface area contributed by atoms with Crippen LogP contribution in [0, 0.1) is 41.4 Å². The lowest BCUT2D eigenvalue weighted by molar-refractivity contribution is -0.129. The van der Waals surface area contributed by atoms with Gasteiger partial charge in [-0.05, 0) is 99.0 Å². The first-order chi connectivity index (χ1) is 16.2. The van der Waals surface area contributed by atoms with E-state index in [-0.39, 0.29) is 34.8 Å². The van der Waals surface area contributed by atoms with Crippen molar-refractivity contribution in [3.63, 3.8) is 0 Å². The van der Waals surface area contributed by atoms with Crippen LogP contribution in [0.1, 0.15) is 83.5 Å². The maximum Gasteiger partial charge on any atom is 0.160 e. The van der Waals surface area contributed by atoms with Crippen molar-refractivity contribution in [2.45, 2.75) is 85.5 Å². The molecule has 0 saturated heterocycles. The molecule has 0 bridgehead atoms. The van der Waals surface area contributed by atoms with Gasteiger partial charge in [0.15, 0.2) is 17.3 Å². The van der Waals surface area contributed by atoms with E-state index in [1.807, 2.05) is 26.0 Å². The van der Waals surface area contributed by atoms with Crippen molar-refractivity contribution in [3.05, 3.63) is 29.1 Å². The van der Waals surface area contributed by atoms with Gasteiger partial charge in [-0.1, -0.05) is 26.3 Å². The van der Waals surface area contributed by atoms with Crippen LogP contribution < -0.4 is 5.32 Å². The van der Waals surface area contributed by atoms with Gasteiger partial charge in [-0.3, -0.25) is 14.6 Å². The Morgan fingerprint density at radius 2 is 1.94 bits per heavy atom. The second-order valence-corrected chi connectivity index (χ2v) is 11.9. The first-order valence-electron chi connectivity index (χ1n) is 13.4. The van der Waals surface area contributed by atoms with Gasteiger partial charge in [0.2, 0.25) is 0 Å². The van der Waals surface area contributed by atoms with E-state index in [1.165, 1.54) is 18.4 Å². The molecule has 6 atom stereocenters. The van der Waals surface area contributed by atoms with Gasteiger partial charge in [-0.2, -0.15) is 0 Å². The molecule has 6 unspecified atom stereocenters. The zero-order valence-electron chi connectivity index (χ0n) is 21.2. The largest absolute Gasteiger partial charge is 0.504 e. The summed E-state index contributed by atoms with van der Waals surface area (Å²) in [4.78, 5) is 30.0. The molecule has 5 rings (SSSR count).